The van der Waals surface area contributed by atoms with Gasteiger partial charge in [0, 0.05) is 7.05 Å². The van der Waals surface area contributed by atoms with Crippen molar-refractivity contribution in [2.24, 2.45) is 4.99 Å². The van der Waals surface area contributed by atoms with E-state index in [9.17, 15) is 14.7 Å². The van der Waals surface area contributed by atoms with Gasteiger partial charge in [-0.15, -0.1) is 0 Å². The van der Waals surface area contributed by atoms with E-state index in [1.807, 2.05) is 37.3 Å². The summed E-state index contributed by atoms with van der Waals surface area (Å²) in [6, 6.07) is 23.1. The molecule has 4 aromatic carbocycles. The van der Waals surface area contributed by atoms with E-state index in [0.717, 1.165) is 16.5 Å². The molecule has 208 valence electrons. The Hall–Kier alpha value is -4.08. The fourth-order valence-corrected chi connectivity index (χ4v) is 5.99. The van der Waals surface area contributed by atoms with Crippen LogP contribution in [0.5, 0.6) is 11.5 Å². The van der Waals surface area contributed by atoms with E-state index >= 15 is 0 Å². The molecule has 0 atom stereocenters. The van der Waals surface area contributed by atoms with Crippen molar-refractivity contribution in [1.82, 2.24) is 4.90 Å². The Morgan fingerprint density at radius 1 is 1.05 bits per heavy atom. The van der Waals surface area contributed by atoms with Crippen LogP contribution in [0.25, 0.3) is 16.8 Å². The summed E-state index contributed by atoms with van der Waals surface area (Å²) in [4.78, 5) is 31.1. The van der Waals surface area contributed by atoms with Crippen LogP contribution in [-0.4, -0.2) is 40.7 Å². The first-order chi connectivity index (χ1) is 19.7. The zero-order valence-electron chi connectivity index (χ0n) is 22.7. The van der Waals surface area contributed by atoms with Crippen LogP contribution in [0.1, 0.15) is 34.0 Å². The molecular formula is C32H27BrN2O5S. The van der Waals surface area contributed by atoms with Crippen LogP contribution >= 0.6 is 27.7 Å². The Morgan fingerprint density at radius 3 is 2.59 bits per heavy atom. The van der Waals surface area contributed by atoms with Gasteiger partial charge >= 0.3 is 5.97 Å². The molecule has 41 heavy (non-hydrogen) atoms. The predicted molar refractivity (Wildman–Crippen MR) is 167 cm³/mol. The van der Waals surface area contributed by atoms with Gasteiger partial charge in [-0.1, -0.05) is 42.5 Å². The molecule has 9 heteroatoms. The number of thioether (sulfide) groups is 1. The first-order valence-electron chi connectivity index (χ1n) is 12.9. The molecule has 0 aliphatic carbocycles. The smallest absolute Gasteiger partial charge is 0.336 e. The van der Waals surface area contributed by atoms with E-state index in [2.05, 4.69) is 45.2 Å². The van der Waals surface area contributed by atoms with Gasteiger partial charge in [0.05, 0.1) is 27.2 Å². The van der Waals surface area contributed by atoms with Crippen molar-refractivity contribution >= 4 is 67.3 Å². The number of likely N-dealkylation sites (N-methyl/N-ethyl adjacent to an activating group) is 1. The molecule has 0 aromatic heterocycles. The summed E-state index contributed by atoms with van der Waals surface area (Å²) in [6.45, 7) is 4.42. The van der Waals surface area contributed by atoms with Crippen LogP contribution in [0, 0.1) is 6.92 Å². The number of halogens is 1. The van der Waals surface area contributed by atoms with Crippen molar-refractivity contribution < 1.29 is 24.2 Å². The summed E-state index contributed by atoms with van der Waals surface area (Å²) in [5, 5.41) is 12.2. The van der Waals surface area contributed by atoms with Crippen molar-refractivity contribution in [1.29, 1.82) is 0 Å². The van der Waals surface area contributed by atoms with Crippen LogP contribution in [0.3, 0.4) is 0 Å². The number of carboxylic acids is 1. The van der Waals surface area contributed by atoms with E-state index in [1.165, 1.54) is 28.1 Å². The summed E-state index contributed by atoms with van der Waals surface area (Å²) in [5.74, 6) is -0.0745. The van der Waals surface area contributed by atoms with Crippen LogP contribution in [0.15, 0.2) is 87.2 Å². The van der Waals surface area contributed by atoms with E-state index in [-0.39, 0.29) is 11.5 Å². The maximum absolute atomic E-state index is 13.1. The van der Waals surface area contributed by atoms with Gasteiger partial charge in [0.25, 0.3) is 5.91 Å². The Labute approximate surface area is 250 Å². The van der Waals surface area contributed by atoms with Crippen molar-refractivity contribution in [3.8, 4) is 11.5 Å². The molecule has 0 bridgehead atoms. The first-order valence-corrected chi connectivity index (χ1v) is 14.5. The number of carboxylic acid groups (broad SMARTS) is 1. The summed E-state index contributed by atoms with van der Waals surface area (Å²) >= 11 is 4.86. The molecule has 5 rings (SSSR count). The van der Waals surface area contributed by atoms with Crippen molar-refractivity contribution in [2.45, 2.75) is 20.5 Å². The number of carbonyl (C=O) groups is 2. The number of carbonyl (C=O) groups excluding carboxylic acids is 1. The molecule has 1 amide bonds. The van der Waals surface area contributed by atoms with E-state index < -0.39 is 5.97 Å². The lowest BCUT2D eigenvalue weighted by atomic mass is 10.1. The molecule has 4 aromatic rings. The summed E-state index contributed by atoms with van der Waals surface area (Å²) in [7, 11) is 1.65. The fourth-order valence-electron chi connectivity index (χ4n) is 4.44. The number of hydrogen-bond acceptors (Lipinski definition) is 6. The van der Waals surface area contributed by atoms with Crippen LogP contribution in [0.4, 0.5) is 5.69 Å². The molecule has 0 radical (unpaired) electrons. The number of hydrogen-bond donors (Lipinski definition) is 1. The second-order valence-corrected chi connectivity index (χ2v) is 11.2. The first kappa shape index (κ1) is 28.4. The zero-order valence-corrected chi connectivity index (χ0v) is 25.1. The molecule has 0 spiro atoms. The standard InChI is InChI=1S/C32H27BrN2O5S/c1-4-39-27-16-21(15-25(33)29(27)40-18-20-12-13-22-8-5-6-9-23(22)14-20)17-28-30(36)35(3)32(41-28)34-26-11-7-10-24(19(26)2)31(37)38/h5-17H,4,18H2,1-3H3,(H,37,38)/b28-17-,34-32?. The second-order valence-electron chi connectivity index (χ2n) is 9.36. The number of aliphatic imine (C=N–C) groups is 1. The van der Waals surface area contributed by atoms with E-state index in [4.69, 9.17) is 9.47 Å². The molecule has 1 heterocycles. The maximum Gasteiger partial charge on any atom is 0.336 e. The molecule has 1 N–H and O–H groups in total. The Balaban J connectivity index is 1.40. The van der Waals surface area contributed by atoms with Gasteiger partial charge in [0.1, 0.15) is 6.61 Å². The molecule has 1 fully saturated rings. The number of aromatic carboxylic acids is 1. The third-order valence-corrected chi connectivity index (χ3v) is 8.23. The number of rotatable bonds is 8. The lowest BCUT2D eigenvalue weighted by Crippen LogP contribution is -2.23. The van der Waals surface area contributed by atoms with Crippen molar-refractivity contribution in [2.75, 3.05) is 13.7 Å². The minimum absolute atomic E-state index is 0.177. The highest BCUT2D eigenvalue weighted by Crippen LogP contribution is 2.40. The summed E-state index contributed by atoms with van der Waals surface area (Å²) in [5.41, 5.74) is 3.01. The van der Waals surface area contributed by atoms with Crippen molar-refractivity contribution in [3.05, 3.63) is 104 Å². The second kappa shape index (κ2) is 12.2. The highest BCUT2D eigenvalue weighted by Gasteiger charge is 2.31. The fraction of sp³-hybridized carbons (Fsp3) is 0.156. The number of amidine groups is 1. The zero-order chi connectivity index (χ0) is 29.1. The number of amides is 1. The maximum atomic E-state index is 13.1. The third-order valence-electron chi connectivity index (χ3n) is 6.58. The van der Waals surface area contributed by atoms with Gasteiger partial charge < -0.3 is 14.6 Å². The number of ether oxygens (including phenoxy) is 2. The highest BCUT2D eigenvalue weighted by molar-refractivity contribution is 9.10. The van der Waals surface area contributed by atoms with Gasteiger partial charge in [-0.2, -0.15) is 0 Å². The number of nitrogens with zero attached hydrogens (tertiary/aromatic N) is 2. The molecule has 0 unspecified atom stereocenters. The normalized spacial score (nSPS) is 15.2. The van der Waals surface area contributed by atoms with Crippen molar-refractivity contribution in [3.63, 3.8) is 0 Å². The minimum atomic E-state index is -1.02. The van der Waals surface area contributed by atoms with Crippen LogP contribution in [0.2, 0.25) is 0 Å². The molecule has 7 nitrogen and oxygen atoms in total. The Morgan fingerprint density at radius 2 is 1.83 bits per heavy atom. The van der Waals surface area contributed by atoms with Gasteiger partial charge in [-0.25, -0.2) is 9.79 Å². The van der Waals surface area contributed by atoms with E-state index in [1.54, 1.807) is 32.2 Å². The largest absolute Gasteiger partial charge is 0.490 e. The minimum Gasteiger partial charge on any atom is -0.490 e. The van der Waals surface area contributed by atoms with Crippen LogP contribution < -0.4 is 9.47 Å². The Bertz CT molecular complexity index is 1730. The van der Waals surface area contributed by atoms with Gasteiger partial charge in [-0.05, 0) is 105 Å². The molecule has 1 aliphatic heterocycles. The van der Waals surface area contributed by atoms with Crippen LogP contribution in [-0.2, 0) is 11.4 Å². The SMILES string of the molecule is CCOc1cc(/C=C2\SC(=Nc3cccc(C(=O)O)c3C)N(C)C2=O)cc(Br)c1OCc1ccc2ccccc2c1. The highest BCUT2D eigenvalue weighted by atomic mass is 79.9. The van der Waals surface area contributed by atoms with Gasteiger partial charge in [-0.3, -0.25) is 9.69 Å². The quantitative estimate of drug-likeness (QED) is 0.200. The lowest BCUT2D eigenvalue weighted by molar-refractivity contribution is -0.121. The average Bonchev–Trinajstić information content (AvgIpc) is 3.21. The molecule has 0 saturated carbocycles. The average molecular weight is 632 g/mol. The molecular weight excluding hydrogens is 604 g/mol. The molecule has 1 saturated heterocycles. The van der Waals surface area contributed by atoms with Gasteiger partial charge in [0.15, 0.2) is 16.7 Å². The molecule has 1 aliphatic rings. The monoisotopic (exact) mass is 630 g/mol. The third kappa shape index (κ3) is 6.16. The predicted octanol–water partition coefficient (Wildman–Crippen LogP) is 7.82. The van der Waals surface area contributed by atoms with E-state index in [0.29, 0.717) is 50.5 Å². The summed E-state index contributed by atoms with van der Waals surface area (Å²) < 4.78 is 12.8. The Kier molecular flexibility index (Phi) is 8.46. The topological polar surface area (TPSA) is 88.4 Å². The lowest BCUT2D eigenvalue weighted by Gasteiger charge is -2.15. The number of benzene rings is 4. The van der Waals surface area contributed by atoms with Gasteiger partial charge in [0.2, 0.25) is 0 Å². The summed E-state index contributed by atoms with van der Waals surface area (Å²) in [6.07, 6.45) is 1.78. The number of fused-ring (bicyclic) bond motifs is 1.